The van der Waals surface area contributed by atoms with Gasteiger partial charge in [-0.2, -0.15) is 0 Å². The van der Waals surface area contributed by atoms with Crippen LogP contribution in [0.4, 0.5) is 0 Å². The molecule has 1 aromatic carbocycles. The van der Waals surface area contributed by atoms with Crippen LogP contribution < -0.4 is 21.7 Å². The van der Waals surface area contributed by atoms with Gasteiger partial charge in [0.15, 0.2) is 0 Å². The Morgan fingerprint density at radius 3 is 1.92 bits per heavy atom. The Labute approximate surface area is 215 Å². The number of carboxylic acids is 1. The van der Waals surface area contributed by atoms with Gasteiger partial charge in [-0.05, 0) is 46.6 Å². The number of rotatable bonds is 12. The van der Waals surface area contributed by atoms with Gasteiger partial charge in [-0.3, -0.25) is 19.2 Å². The van der Waals surface area contributed by atoms with Crippen molar-refractivity contribution in [1.82, 2.24) is 16.0 Å². The fraction of sp³-hybridized carbons (Fsp3) is 0.577. The van der Waals surface area contributed by atoms with Crippen LogP contribution in [-0.2, 0) is 24.0 Å². The van der Waals surface area contributed by atoms with Gasteiger partial charge in [-0.15, -0.1) is 0 Å². The van der Waals surface area contributed by atoms with Crippen molar-refractivity contribution in [3.63, 3.8) is 0 Å². The first-order valence-corrected chi connectivity index (χ1v) is 12.0. The molecule has 0 fully saturated rings. The molecular weight excluding hydrogens is 464 g/mol. The minimum absolute atomic E-state index is 0.0950. The molecule has 2 atom stereocenters. The Kier molecular flexibility index (Phi) is 25.7. The molecule has 0 aliphatic carbocycles. The van der Waals surface area contributed by atoms with E-state index in [4.69, 9.17) is 10.8 Å². The molecule has 0 radical (unpaired) electrons. The molecule has 10 nitrogen and oxygen atoms in total. The smallest absolute Gasteiger partial charge is 0.320 e. The third kappa shape index (κ3) is 28.8. The SMILES string of the molecule is CCC(=O)NC(C)CC(C)C.CNC(CCC(N)=O)C(=O)O.Cc1cccc(C)c1.O=CCNC=O. The Bertz CT molecular complexity index is 730. The van der Waals surface area contributed by atoms with Crippen LogP contribution in [0.5, 0.6) is 0 Å². The molecule has 3 amide bonds. The summed E-state index contributed by atoms with van der Waals surface area (Å²) in [7, 11) is 1.53. The molecule has 0 aliphatic rings. The second-order valence-electron chi connectivity index (χ2n) is 8.49. The first kappa shape index (κ1) is 37.3. The Hall–Kier alpha value is -3.27. The molecular formula is C26H46N4O6. The number of aryl methyl sites for hydroxylation is 2. The standard InChI is InChI=1S/C9H19NO.C8H10.C6H12N2O3.C3H5NO2/c1-5-9(11)10-8(4)6-7(2)3;1-7-4-3-5-8(2)6-7;1-8-4(6(10)11)2-3-5(7)9;5-2-1-4-3-6/h7-8H,5-6H2,1-4H3,(H,10,11);3-6H,1-2H3;4,8H,2-3H2,1H3,(H2,7,9)(H,10,11);2-3H,1H2,(H,4,6). The van der Waals surface area contributed by atoms with Gasteiger partial charge in [0.25, 0.3) is 0 Å². The number of carbonyl (C=O) groups excluding carboxylic acids is 4. The maximum absolute atomic E-state index is 10.9. The second-order valence-corrected chi connectivity index (χ2v) is 8.49. The van der Waals surface area contributed by atoms with Gasteiger partial charge in [0, 0.05) is 18.9 Å². The molecule has 6 N–H and O–H groups in total. The highest BCUT2D eigenvalue weighted by molar-refractivity contribution is 5.77. The number of hydrogen-bond donors (Lipinski definition) is 5. The van der Waals surface area contributed by atoms with Crippen molar-refractivity contribution in [3.8, 4) is 0 Å². The predicted octanol–water partition coefficient (Wildman–Crippen LogP) is 2.11. The van der Waals surface area contributed by atoms with Crippen LogP contribution >= 0.6 is 0 Å². The topological polar surface area (TPSA) is 168 Å². The minimum atomic E-state index is -0.964. The van der Waals surface area contributed by atoms with Crippen molar-refractivity contribution in [2.24, 2.45) is 11.7 Å². The molecule has 0 spiro atoms. The predicted molar refractivity (Wildman–Crippen MR) is 142 cm³/mol. The molecule has 0 aromatic heterocycles. The van der Waals surface area contributed by atoms with E-state index in [0.717, 1.165) is 6.42 Å². The molecule has 2 unspecified atom stereocenters. The molecule has 0 heterocycles. The molecule has 1 aromatic rings. The van der Waals surface area contributed by atoms with Crippen LogP contribution in [0.25, 0.3) is 0 Å². The maximum atomic E-state index is 10.9. The zero-order chi connectivity index (χ0) is 28.5. The maximum Gasteiger partial charge on any atom is 0.320 e. The summed E-state index contributed by atoms with van der Waals surface area (Å²) in [6, 6.07) is 8.09. The zero-order valence-electron chi connectivity index (χ0n) is 22.8. The Balaban J connectivity index is -0.000000413. The summed E-state index contributed by atoms with van der Waals surface area (Å²) in [5.74, 6) is -0.638. The highest BCUT2D eigenvalue weighted by Gasteiger charge is 2.14. The van der Waals surface area contributed by atoms with Crippen LogP contribution in [0, 0.1) is 19.8 Å². The molecule has 0 saturated heterocycles. The minimum Gasteiger partial charge on any atom is -0.480 e. The quantitative estimate of drug-likeness (QED) is 0.212. The highest BCUT2D eigenvalue weighted by Crippen LogP contribution is 2.03. The number of primary amides is 1. The largest absolute Gasteiger partial charge is 0.480 e. The lowest BCUT2D eigenvalue weighted by Crippen LogP contribution is -2.34. The van der Waals surface area contributed by atoms with Crippen LogP contribution in [-0.4, -0.2) is 61.3 Å². The molecule has 36 heavy (non-hydrogen) atoms. The summed E-state index contributed by atoms with van der Waals surface area (Å²) < 4.78 is 0. The van der Waals surface area contributed by atoms with E-state index in [1.165, 1.54) is 18.2 Å². The van der Waals surface area contributed by atoms with E-state index in [0.29, 0.717) is 31.1 Å². The third-order valence-corrected chi connectivity index (χ3v) is 4.34. The van der Waals surface area contributed by atoms with Gasteiger partial charge < -0.3 is 31.6 Å². The molecule has 206 valence electrons. The summed E-state index contributed by atoms with van der Waals surface area (Å²) in [4.78, 5) is 50.1. The lowest BCUT2D eigenvalue weighted by molar-refractivity contribution is -0.139. The van der Waals surface area contributed by atoms with E-state index in [2.05, 4.69) is 67.9 Å². The summed E-state index contributed by atoms with van der Waals surface area (Å²) in [5.41, 5.74) is 7.51. The van der Waals surface area contributed by atoms with Gasteiger partial charge in [0.1, 0.15) is 12.3 Å². The number of nitrogens with one attached hydrogen (secondary N) is 3. The van der Waals surface area contributed by atoms with Gasteiger partial charge >= 0.3 is 5.97 Å². The average Bonchev–Trinajstić information content (AvgIpc) is 2.78. The molecule has 0 aliphatic heterocycles. The van der Waals surface area contributed by atoms with E-state index in [1.807, 2.05) is 13.8 Å². The van der Waals surface area contributed by atoms with Gasteiger partial charge in [-0.25, -0.2) is 0 Å². The van der Waals surface area contributed by atoms with Crippen molar-refractivity contribution in [3.05, 3.63) is 35.4 Å². The summed E-state index contributed by atoms with van der Waals surface area (Å²) >= 11 is 0. The number of likely N-dealkylation sites (N-methyl/N-ethyl adjacent to an activating group) is 1. The van der Waals surface area contributed by atoms with E-state index in [-0.39, 0.29) is 25.3 Å². The number of hydrogen-bond acceptors (Lipinski definition) is 6. The van der Waals surface area contributed by atoms with Crippen molar-refractivity contribution in [2.75, 3.05) is 13.6 Å². The molecule has 0 saturated carbocycles. The number of carboxylic acid groups (broad SMARTS) is 1. The third-order valence-electron chi connectivity index (χ3n) is 4.34. The number of aliphatic carboxylic acids is 1. The van der Waals surface area contributed by atoms with E-state index < -0.39 is 17.9 Å². The lowest BCUT2D eigenvalue weighted by Gasteiger charge is -2.14. The van der Waals surface area contributed by atoms with Crippen molar-refractivity contribution < 1.29 is 29.1 Å². The van der Waals surface area contributed by atoms with E-state index >= 15 is 0 Å². The molecule has 1 rings (SSSR count). The average molecular weight is 511 g/mol. The Morgan fingerprint density at radius 1 is 1.08 bits per heavy atom. The summed E-state index contributed by atoms with van der Waals surface area (Å²) in [5, 5.41) is 16.1. The van der Waals surface area contributed by atoms with Crippen LogP contribution in [0.1, 0.15) is 64.5 Å². The molecule has 10 heteroatoms. The number of carbonyl (C=O) groups is 5. The monoisotopic (exact) mass is 510 g/mol. The van der Waals surface area contributed by atoms with Crippen LogP contribution in [0.2, 0.25) is 0 Å². The fourth-order valence-electron chi connectivity index (χ4n) is 2.72. The first-order chi connectivity index (χ1) is 16.8. The van der Waals surface area contributed by atoms with Crippen LogP contribution in [0.15, 0.2) is 24.3 Å². The van der Waals surface area contributed by atoms with Crippen molar-refractivity contribution in [1.29, 1.82) is 0 Å². The van der Waals surface area contributed by atoms with Gasteiger partial charge in [0.2, 0.25) is 18.2 Å². The number of amides is 3. The molecule has 0 bridgehead atoms. The van der Waals surface area contributed by atoms with Gasteiger partial charge in [-0.1, -0.05) is 56.2 Å². The Morgan fingerprint density at radius 2 is 1.64 bits per heavy atom. The zero-order valence-corrected chi connectivity index (χ0v) is 22.8. The number of nitrogens with two attached hydrogens (primary N) is 1. The second kappa shape index (κ2) is 24.8. The fourth-order valence-corrected chi connectivity index (χ4v) is 2.72. The number of aldehydes is 1. The number of benzene rings is 1. The lowest BCUT2D eigenvalue weighted by atomic mass is 10.1. The van der Waals surface area contributed by atoms with Crippen LogP contribution in [0.3, 0.4) is 0 Å². The normalized spacial score (nSPS) is 11.0. The van der Waals surface area contributed by atoms with Crippen molar-refractivity contribution >= 4 is 30.5 Å². The van der Waals surface area contributed by atoms with E-state index in [9.17, 15) is 24.0 Å². The van der Waals surface area contributed by atoms with Gasteiger partial charge in [0.05, 0.1) is 6.54 Å². The summed E-state index contributed by atoms with van der Waals surface area (Å²) in [6.45, 7) is 12.6. The first-order valence-electron chi connectivity index (χ1n) is 12.0. The summed E-state index contributed by atoms with van der Waals surface area (Å²) in [6.07, 6.45) is 3.08. The van der Waals surface area contributed by atoms with Crippen molar-refractivity contribution in [2.45, 2.75) is 79.3 Å². The highest BCUT2D eigenvalue weighted by atomic mass is 16.4. The van der Waals surface area contributed by atoms with E-state index in [1.54, 1.807) is 0 Å².